The number of aliphatic imine (C=N–C) groups is 1. The summed E-state index contributed by atoms with van der Waals surface area (Å²) in [7, 11) is 0. The minimum absolute atomic E-state index is 0.00387. The minimum Gasteiger partial charge on any atom is -0.460 e. The minimum atomic E-state index is -0.717. The van der Waals surface area contributed by atoms with E-state index in [1.165, 1.54) is 0 Å². The van der Waals surface area contributed by atoms with Gasteiger partial charge in [0.05, 0.1) is 6.04 Å². The Hall–Kier alpha value is -2.61. The highest BCUT2D eigenvalue weighted by molar-refractivity contribution is 5.85. The lowest BCUT2D eigenvalue weighted by molar-refractivity contribution is -0.145. The van der Waals surface area contributed by atoms with Crippen LogP contribution in [0.5, 0.6) is 0 Å². The van der Waals surface area contributed by atoms with Crippen LogP contribution >= 0.6 is 0 Å². The Bertz CT molecular complexity index is 529. The first kappa shape index (κ1) is 18.4. The molecule has 0 aromatic heterocycles. The van der Waals surface area contributed by atoms with Gasteiger partial charge in [-0.1, -0.05) is 30.3 Å². The van der Waals surface area contributed by atoms with Crippen molar-refractivity contribution in [2.45, 2.75) is 25.5 Å². The fourth-order valence-electron chi connectivity index (χ4n) is 1.73. The standard InChI is InChI=1S/C15H23N5O3/c16-12(7-4-8-19-15(17)18)14(22)20-9-13(21)23-10-11-5-2-1-3-6-11/h1-3,5-6,12H,4,7-10,16H2,(H,20,22)(H4,17,18,19)/t12-/m1/s1. The van der Waals surface area contributed by atoms with Crippen molar-refractivity contribution in [2.75, 3.05) is 13.1 Å². The van der Waals surface area contributed by atoms with Crippen molar-refractivity contribution < 1.29 is 14.3 Å². The van der Waals surface area contributed by atoms with Crippen LogP contribution in [0, 0.1) is 0 Å². The molecule has 0 aliphatic rings. The first-order valence-corrected chi connectivity index (χ1v) is 7.27. The third-order valence-electron chi connectivity index (χ3n) is 2.95. The highest BCUT2D eigenvalue weighted by Gasteiger charge is 2.14. The number of rotatable bonds is 9. The fraction of sp³-hybridized carbons (Fsp3) is 0.400. The zero-order chi connectivity index (χ0) is 17.1. The predicted molar refractivity (Wildman–Crippen MR) is 87.1 cm³/mol. The summed E-state index contributed by atoms with van der Waals surface area (Å²) in [6, 6.07) is 8.56. The molecule has 0 radical (unpaired) electrons. The van der Waals surface area contributed by atoms with E-state index in [-0.39, 0.29) is 19.1 Å². The molecule has 7 N–H and O–H groups in total. The maximum Gasteiger partial charge on any atom is 0.325 e. The maximum atomic E-state index is 11.7. The van der Waals surface area contributed by atoms with Gasteiger partial charge in [-0.15, -0.1) is 0 Å². The monoisotopic (exact) mass is 321 g/mol. The Balaban J connectivity index is 2.18. The largest absolute Gasteiger partial charge is 0.460 e. The SMILES string of the molecule is NC(N)=NCCC[C@@H](N)C(=O)NCC(=O)OCc1ccccc1. The zero-order valence-electron chi connectivity index (χ0n) is 12.9. The van der Waals surface area contributed by atoms with Gasteiger partial charge in [0.15, 0.2) is 5.96 Å². The van der Waals surface area contributed by atoms with E-state index >= 15 is 0 Å². The summed E-state index contributed by atoms with van der Waals surface area (Å²) < 4.78 is 5.04. The van der Waals surface area contributed by atoms with Gasteiger partial charge in [-0.2, -0.15) is 0 Å². The third-order valence-corrected chi connectivity index (χ3v) is 2.95. The van der Waals surface area contributed by atoms with Gasteiger partial charge in [0.1, 0.15) is 13.2 Å². The van der Waals surface area contributed by atoms with Crippen molar-refractivity contribution in [2.24, 2.45) is 22.2 Å². The highest BCUT2D eigenvalue weighted by Crippen LogP contribution is 2.00. The van der Waals surface area contributed by atoms with E-state index in [1.807, 2.05) is 30.3 Å². The molecule has 0 heterocycles. The van der Waals surface area contributed by atoms with E-state index in [0.29, 0.717) is 19.4 Å². The molecule has 0 fully saturated rings. The molecule has 1 aromatic rings. The number of hydrogen-bond donors (Lipinski definition) is 4. The Kier molecular flexibility index (Phi) is 8.16. The molecule has 0 unspecified atom stereocenters. The Morgan fingerprint density at radius 3 is 2.57 bits per heavy atom. The average molecular weight is 321 g/mol. The number of hydrogen-bond acceptors (Lipinski definition) is 5. The lowest BCUT2D eigenvalue weighted by Crippen LogP contribution is -2.43. The van der Waals surface area contributed by atoms with Crippen molar-refractivity contribution >= 4 is 17.8 Å². The van der Waals surface area contributed by atoms with Crippen molar-refractivity contribution in [1.82, 2.24) is 5.32 Å². The van der Waals surface area contributed by atoms with Crippen LogP contribution in [0.15, 0.2) is 35.3 Å². The number of esters is 1. The number of nitrogens with zero attached hydrogens (tertiary/aromatic N) is 1. The molecule has 1 aromatic carbocycles. The lowest BCUT2D eigenvalue weighted by atomic mass is 10.1. The molecular formula is C15H23N5O3. The van der Waals surface area contributed by atoms with Crippen molar-refractivity contribution in [3.8, 4) is 0 Å². The Labute approximate surface area is 135 Å². The van der Waals surface area contributed by atoms with E-state index in [9.17, 15) is 9.59 Å². The molecule has 1 atom stereocenters. The summed E-state index contributed by atoms with van der Waals surface area (Å²) in [6.45, 7) is 0.357. The van der Waals surface area contributed by atoms with Crippen LogP contribution in [0.2, 0.25) is 0 Å². The second-order valence-electron chi connectivity index (χ2n) is 4.92. The summed E-state index contributed by atoms with van der Waals surface area (Å²) in [5.41, 5.74) is 17.0. The van der Waals surface area contributed by atoms with E-state index in [0.717, 1.165) is 5.56 Å². The Morgan fingerprint density at radius 1 is 1.22 bits per heavy atom. The molecule has 0 saturated carbocycles. The average Bonchev–Trinajstić information content (AvgIpc) is 2.55. The zero-order valence-corrected chi connectivity index (χ0v) is 12.9. The first-order valence-electron chi connectivity index (χ1n) is 7.27. The molecule has 8 heteroatoms. The highest BCUT2D eigenvalue weighted by atomic mass is 16.5. The van der Waals surface area contributed by atoms with Gasteiger partial charge >= 0.3 is 5.97 Å². The van der Waals surface area contributed by atoms with E-state index in [2.05, 4.69) is 10.3 Å². The van der Waals surface area contributed by atoms with Gasteiger partial charge in [-0.05, 0) is 18.4 Å². The number of nitrogens with one attached hydrogen (secondary N) is 1. The smallest absolute Gasteiger partial charge is 0.325 e. The van der Waals surface area contributed by atoms with Crippen LogP contribution in [-0.2, 0) is 20.9 Å². The number of amides is 1. The first-order chi connectivity index (χ1) is 11.0. The molecule has 1 amide bonds. The molecular weight excluding hydrogens is 298 g/mol. The molecule has 0 spiro atoms. The molecule has 0 aliphatic heterocycles. The number of guanidine groups is 1. The third kappa shape index (κ3) is 8.42. The second-order valence-corrected chi connectivity index (χ2v) is 4.92. The number of nitrogens with two attached hydrogens (primary N) is 3. The van der Waals surface area contributed by atoms with Gasteiger partial charge in [0, 0.05) is 6.54 Å². The second kappa shape index (κ2) is 10.2. The molecule has 0 aliphatic carbocycles. The summed E-state index contributed by atoms with van der Waals surface area (Å²) >= 11 is 0. The van der Waals surface area contributed by atoms with Crippen molar-refractivity contribution in [1.29, 1.82) is 0 Å². The normalized spacial score (nSPS) is 11.3. The van der Waals surface area contributed by atoms with Crippen LogP contribution in [-0.4, -0.2) is 37.0 Å². The number of ether oxygens (including phenoxy) is 1. The number of benzene rings is 1. The maximum absolute atomic E-state index is 11.7. The van der Waals surface area contributed by atoms with Gasteiger partial charge in [-0.25, -0.2) is 0 Å². The molecule has 0 saturated heterocycles. The van der Waals surface area contributed by atoms with Crippen molar-refractivity contribution in [3.05, 3.63) is 35.9 Å². The quantitative estimate of drug-likeness (QED) is 0.203. The van der Waals surface area contributed by atoms with Crippen LogP contribution < -0.4 is 22.5 Å². The molecule has 0 bridgehead atoms. The molecule has 8 nitrogen and oxygen atoms in total. The van der Waals surface area contributed by atoms with E-state index < -0.39 is 17.9 Å². The van der Waals surface area contributed by atoms with Crippen LogP contribution in [0.25, 0.3) is 0 Å². The lowest BCUT2D eigenvalue weighted by Gasteiger charge is -2.11. The van der Waals surface area contributed by atoms with Gasteiger partial charge in [0.2, 0.25) is 5.91 Å². The van der Waals surface area contributed by atoms with E-state index in [4.69, 9.17) is 21.9 Å². The Morgan fingerprint density at radius 2 is 1.91 bits per heavy atom. The van der Waals surface area contributed by atoms with E-state index in [1.54, 1.807) is 0 Å². The van der Waals surface area contributed by atoms with Crippen molar-refractivity contribution in [3.63, 3.8) is 0 Å². The van der Waals surface area contributed by atoms with Gasteiger partial charge in [0.25, 0.3) is 0 Å². The molecule has 23 heavy (non-hydrogen) atoms. The summed E-state index contributed by atoms with van der Waals surface area (Å²) in [5, 5.41) is 2.44. The molecule has 126 valence electrons. The number of carbonyl (C=O) groups is 2. The van der Waals surface area contributed by atoms with Crippen LogP contribution in [0.1, 0.15) is 18.4 Å². The van der Waals surface area contributed by atoms with Crippen LogP contribution in [0.3, 0.4) is 0 Å². The number of carbonyl (C=O) groups excluding carboxylic acids is 2. The van der Waals surface area contributed by atoms with Crippen LogP contribution in [0.4, 0.5) is 0 Å². The summed E-state index contributed by atoms with van der Waals surface area (Å²) in [5.74, 6) is -0.926. The fourth-order valence-corrected chi connectivity index (χ4v) is 1.73. The van der Waals surface area contributed by atoms with Gasteiger partial charge in [-0.3, -0.25) is 14.6 Å². The summed E-state index contributed by atoms with van der Waals surface area (Å²) in [6.07, 6.45) is 0.993. The summed E-state index contributed by atoms with van der Waals surface area (Å²) in [4.78, 5) is 27.1. The topological polar surface area (TPSA) is 146 Å². The molecule has 1 rings (SSSR count). The predicted octanol–water partition coefficient (Wildman–Crippen LogP) is -0.773. The van der Waals surface area contributed by atoms with Gasteiger partial charge < -0.3 is 27.3 Å².